The molecule has 1 heterocycles. The highest BCUT2D eigenvalue weighted by atomic mass is 14.9. The first-order valence-electron chi connectivity index (χ1n) is 2.77. The Balaban J connectivity index is 2.93. The summed E-state index contributed by atoms with van der Waals surface area (Å²) < 4.78 is 0. The molecule has 0 bridgehead atoms. The molecule has 46 valence electrons. The predicted molar refractivity (Wildman–Crippen MR) is 35.9 cm³/mol. The third kappa shape index (κ3) is 1.33. The zero-order chi connectivity index (χ0) is 6.69. The van der Waals surface area contributed by atoms with Gasteiger partial charge in [0.15, 0.2) is 0 Å². The van der Waals surface area contributed by atoms with E-state index in [9.17, 15) is 0 Å². The molecule has 0 amide bonds. The van der Waals surface area contributed by atoms with Gasteiger partial charge >= 0.3 is 0 Å². The van der Waals surface area contributed by atoms with Crippen LogP contribution in [0.1, 0.15) is 18.4 Å². The van der Waals surface area contributed by atoms with Crippen molar-refractivity contribution in [3.05, 3.63) is 17.7 Å². The zero-order valence-corrected chi connectivity index (χ0v) is 5.52. The van der Waals surface area contributed by atoms with Crippen molar-refractivity contribution in [3.8, 4) is 11.8 Å². The Morgan fingerprint density at radius 2 is 2.44 bits per heavy atom. The van der Waals surface area contributed by atoms with Crippen LogP contribution in [0.4, 0.5) is 0 Å². The molecule has 2 heteroatoms. The van der Waals surface area contributed by atoms with E-state index in [2.05, 4.69) is 21.8 Å². The Bertz CT molecular complexity index is 249. The van der Waals surface area contributed by atoms with Crippen LogP contribution in [0.25, 0.3) is 0 Å². The van der Waals surface area contributed by atoms with E-state index in [0.29, 0.717) is 0 Å². The summed E-state index contributed by atoms with van der Waals surface area (Å²) in [5.74, 6) is 6.51. The minimum atomic E-state index is 0.815. The second kappa shape index (κ2) is 2.36. The molecule has 0 radical (unpaired) electrons. The van der Waals surface area contributed by atoms with Gasteiger partial charge < -0.3 is 4.98 Å². The summed E-state index contributed by atoms with van der Waals surface area (Å²) in [5, 5.41) is 0. The fraction of sp³-hybridized carbons (Fsp3) is 0.286. The molecule has 0 saturated heterocycles. The van der Waals surface area contributed by atoms with Crippen molar-refractivity contribution in [3.63, 3.8) is 0 Å². The van der Waals surface area contributed by atoms with Crippen molar-refractivity contribution in [2.24, 2.45) is 0 Å². The number of aromatic amines is 1. The van der Waals surface area contributed by atoms with Gasteiger partial charge in [-0.15, -0.1) is 0 Å². The van der Waals surface area contributed by atoms with Gasteiger partial charge in [-0.05, 0) is 19.8 Å². The van der Waals surface area contributed by atoms with Crippen molar-refractivity contribution >= 4 is 0 Å². The van der Waals surface area contributed by atoms with Crippen molar-refractivity contribution in [1.29, 1.82) is 0 Å². The first kappa shape index (κ1) is 5.90. The lowest BCUT2D eigenvalue weighted by Crippen LogP contribution is -1.72. The third-order valence-electron chi connectivity index (χ3n) is 0.959. The van der Waals surface area contributed by atoms with Gasteiger partial charge in [-0.3, -0.25) is 0 Å². The number of nitrogens with one attached hydrogen (secondary N) is 1. The Kier molecular flexibility index (Phi) is 1.55. The van der Waals surface area contributed by atoms with Gasteiger partial charge in [0.25, 0.3) is 0 Å². The number of rotatable bonds is 0. The second-order valence-electron chi connectivity index (χ2n) is 1.75. The van der Waals surface area contributed by atoms with E-state index in [0.717, 1.165) is 11.5 Å². The Morgan fingerprint density at radius 3 is 2.89 bits per heavy atom. The van der Waals surface area contributed by atoms with Crippen LogP contribution >= 0.6 is 0 Å². The van der Waals surface area contributed by atoms with Crippen LogP contribution in [0.3, 0.4) is 0 Å². The topological polar surface area (TPSA) is 28.7 Å². The Labute approximate surface area is 54.3 Å². The molecule has 1 rings (SSSR count). The maximum atomic E-state index is 4.07. The van der Waals surface area contributed by atoms with E-state index in [1.807, 2.05) is 6.92 Å². The van der Waals surface area contributed by atoms with E-state index in [-0.39, 0.29) is 0 Å². The number of imidazole rings is 1. The normalized spacial score (nSPS) is 8.22. The summed E-state index contributed by atoms with van der Waals surface area (Å²) >= 11 is 0. The molecule has 1 N–H and O–H groups in total. The largest absolute Gasteiger partial charge is 0.348 e. The molecular weight excluding hydrogens is 112 g/mol. The standard InChI is InChI=1S/C7H8N2/c1-3-4-7-5-8-6(2)9-7/h5H,1-2H3,(H,8,9). The summed E-state index contributed by atoms with van der Waals surface area (Å²) in [6, 6.07) is 0. The lowest BCUT2D eigenvalue weighted by molar-refractivity contribution is 1.14. The van der Waals surface area contributed by atoms with Crippen molar-refractivity contribution in [1.82, 2.24) is 9.97 Å². The minimum absolute atomic E-state index is 0.815. The first-order valence-corrected chi connectivity index (χ1v) is 2.77. The molecule has 0 fully saturated rings. The van der Waals surface area contributed by atoms with Crippen LogP contribution < -0.4 is 0 Å². The quantitative estimate of drug-likeness (QED) is 0.510. The van der Waals surface area contributed by atoms with E-state index in [4.69, 9.17) is 0 Å². The van der Waals surface area contributed by atoms with Gasteiger partial charge in [-0.1, -0.05) is 5.92 Å². The van der Waals surface area contributed by atoms with E-state index in [1.54, 1.807) is 13.1 Å². The maximum absolute atomic E-state index is 4.07. The number of hydrogen-bond donors (Lipinski definition) is 1. The smallest absolute Gasteiger partial charge is 0.131 e. The van der Waals surface area contributed by atoms with E-state index >= 15 is 0 Å². The molecule has 0 aliphatic heterocycles. The molecule has 0 unspecified atom stereocenters. The van der Waals surface area contributed by atoms with Gasteiger partial charge in [-0.25, -0.2) is 4.98 Å². The Morgan fingerprint density at radius 1 is 1.67 bits per heavy atom. The highest BCUT2D eigenvalue weighted by molar-refractivity contribution is 5.24. The number of H-pyrrole nitrogens is 1. The van der Waals surface area contributed by atoms with Gasteiger partial charge in [0.2, 0.25) is 0 Å². The third-order valence-corrected chi connectivity index (χ3v) is 0.959. The van der Waals surface area contributed by atoms with Crippen molar-refractivity contribution in [2.75, 3.05) is 0 Å². The van der Waals surface area contributed by atoms with E-state index < -0.39 is 0 Å². The average Bonchev–Trinajstić information content (AvgIpc) is 2.17. The molecular formula is C7H8N2. The van der Waals surface area contributed by atoms with Crippen LogP contribution in [0.2, 0.25) is 0 Å². The zero-order valence-electron chi connectivity index (χ0n) is 5.52. The van der Waals surface area contributed by atoms with Gasteiger partial charge in [0.1, 0.15) is 11.5 Å². The predicted octanol–water partition coefficient (Wildman–Crippen LogP) is 1.09. The van der Waals surface area contributed by atoms with Crippen LogP contribution in [-0.4, -0.2) is 9.97 Å². The molecule has 1 aromatic heterocycles. The van der Waals surface area contributed by atoms with Crippen LogP contribution in [-0.2, 0) is 0 Å². The number of hydrogen-bond acceptors (Lipinski definition) is 1. The summed E-state index contributed by atoms with van der Waals surface area (Å²) in [6.07, 6.45) is 1.80. The summed E-state index contributed by atoms with van der Waals surface area (Å²) in [7, 11) is 0. The molecule has 0 aliphatic carbocycles. The number of nitrogens with zero attached hydrogens (tertiary/aromatic N) is 1. The fourth-order valence-corrected chi connectivity index (χ4v) is 0.610. The summed E-state index contributed by atoms with van der Waals surface area (Å²) in [4.78, 5) is 7.01. The van der Waals surface area contributed by atoms with Gasteiger partial charge in [0, 0.05) is 6.20 Å². The molecule has 0 saturated carbocycles. The molecule has 0 spiro atoms. The fourth-order valence-electron chi connectivity index (χ4n) is 0.610. The molecule has 0 atom stereocenters. The second-order valence-corrected chi connectivity index (χ2v) is 1.75. The minimum Gasteiger partial charge on any atom is -0.348 e. The van der Waals surface area contributed by atoms with Crippen LogP contribution in [0, 0.1) is 18.8 Å². The first-order chi connectivity index (χ1) is 4.33. The monoisotopic (exact) mass is 120 g/mol. The Hall–Kier alpha value is -1.23. The number of aromatic nitrogens is 2. The van der Waals surface area contributed by atoms with Crippen LogP contribution in [0.15, 0.2) is 6.20 Å². The van der Waals surface area contributed by atoms with Crippen molar-refractivity contribution in [2.45, 2.75) is 13.8 Å². The lowest BCUT2D eigenvalue weighted by Gasteiger charge is -1.72. The van der Waals surface area contributed by atoms with Gasteiger partial charge in [0.05, 0.1) is 0 Å². The molecule has 9 heavy (non-hydrogen) atoms. The SMILES string of the molecule is CC#Cc1c[nH]c(C)n1. The van der Waals surface area contributed by atoms with Crippen LogP contribution in [0.5, 0.6) is 0 Å². The molecule has 0 aromatic carbocycles. The maximum Gasteiger partial charge on any atom is 0.131 e. The summed E-state index contributed by atoms with van der Waals surface area (Å²) in [5.41, 5.74) is 0.815. The highest BCUT2D eigenvalue weighted by Gasteiger charge is 1.88. The van der Waals surface area contributed by atoms with E-state index in [1.165, 1.54) is 0 Å². The highest BCUT2D eigenvalue weighted by Crippen LogP contribution is 1.91. The van der Waals surface area contributed by atoms with Gasteiger partial charge in [-0.2, -0.15) is 0 Å². The molecule has 2 nitrogen and oxygen atoms in total. The molecule has 1 aromatic rings. The molecule has 0 aliphatic rings. The number of aryl methyl sites for hydroxylation is 1. The van der Waals surface area contributed by atoms with Crippen molar-refractivity contribution < 1.29 is 0 Å². The average molecular weight is 120 g/mol. The summed E-state index contributed by atoms with van der Waals surface area (Å²) in [6.45, 7) is 3.70. The lowest BCUT2D eigenvalue weighted by atomic mass is 10.5.